The molecule has 4 rings (SSSR count). The van der Waals surface area contributed by atoms with Crippen molar-refractivity contribution in [1.29, 1.82) is 0 Å². The van der Waals surface area contributed by atoms with Gasteiger partial charge in [-0.05, 0) is 31.0 Å². The quantitative estimate of drug-likeness (QED) is 0.830. The average molecular weight is 343 g/mol. The van der Waals surface area contributed by atoms with Crippen molar-refractivity contribution in [1.82, 2.24) is 9.80 Å². The van der Waals surface area contributed by atoms with Crippen LogP contribution in [-0.4, -0.2) is 73.6 Å². The van der Waals surface area contributed by atoms with Gasteiger partial charge in [0.25, 0.3) is 5.91 Å². The van der Waals surface area contributed by atoms with E-state index in [9.17, 15) is 9.59 Å². The maximum absolute atomic E-state index is 12.8. The lowest BCUT2D eigenvalue weighted by molar-refractivity contribution is -0.132. The second-order valence-electron chi connectivity index (χ2n) is 7.16. The average Bonchev–Trinajstić information content (AvgIpc) is 3.00. The van der Waals surface area contributed by atoms with Gasteiger partial charge in [-0.1, -0.05) is 6.07 Å². The maximum Gasteiger partial charge on any atom is 0.254 e. The van der Waals surface area contributed by atoms with Gasteiger partial charge in [0.1, 0.15) is 0 Å². The van der Waals surface area contributed by atoms with Crippen LogP contribution in [0.2, 0.25) is 0 Å². The van der Waals surface area contributed by atoms with Crippen LogP contribution in [-0.2, 0) is 9.53 Å². The van der Waals surface area contributed by atoms with E-state index in [1.165, 1.54) is 5.56 Å². The Kier molecular flexibility index (Phi) is 4.37. The molecule has 0 bridgehead atoms. The van der Waals surface area contributed by atoms with E-state index in [-0.39, 0.29) is 17.9 Å². The smallest absolute Gasteiger partial charge is 0.254 e. The number of rotatable bonds is 3. The lowest BCUT2D eigenvalue weighted by Gasteiger charge is -2.44. The third kappa shape index (κ3) is 3.11. The molecule has 6 heteroatoms. The SMILES string of the molecule is Cc1ccc(C(=O)N2CC(N3CCCC3=O)C2)cc1N1CCOCC1. The standard InChI is InChI=1S/C19H25N3O3/c1-14-4-5-15(11-17(14)20-7-9-25-10-8-20)19(24)21-12-16(13-21)22-6-2-3-18(22)23/h4-5,11,16H,2-3,6-10,12-13H2,1H3. The number of likely N-dealkylation sites (tertiary alicyclic amines) is 2. The van der Waals surface area contributed by atoms with E-state index in [4.69, 9.17) is 4.74 Å². The third-order valence-corrected chi connectivity index (χ3v) is 5.51. The summed E-state index contributed by atoms with van der Waals surface area (Å²) in [5.41, 5.74) is 3.04. The molecule has 0 aromatic heterocycles. The van der Waals surface area contributed by atoms with E-state index in [2.05, 4.69) is 11.8 Å². The highest BCUT2D eigenvalue weighted by atomic mass is 16.5. The zero-order valence-electron chi connectivity index (χ0n) is 14.7. The Morgan fingerprint density at radius 2 is 1.92 bits per heavy atom. The lowest BCUT2D eigenvalue weighted by atomic mass is 10.0. The number of amides is 2. The molecule has 0 atom stereocenters. The number of carbonyl (C=O) groups is 2. The first-order chi connectivity index (χ1) is 12.1. The fourth-order valence-corrected chi connectivity index (χ4v) is 3.94. The minimum absolute atomic E-state index is 0.0670. The third-order valence-electron chi connectivity index (χ3n) is 5.51. The van der Waals surface area contributed by atoms with Crippen LogP contribution >= 0.6 is 0 Å². The Labute approximate surface area is 148 Å². The zero-order valence-corrected chi connectivity index (χ0v) is 14.7. The Hall–Kier alpha value is -2.08. The molecule has 134 valence electrons. The first-order valence-electron chi connectivity index (χ1n) is 9.15. The molecule has 0 aliphatic carbocycles. The van der Waals surface area contributed by atoms with E-state index >= 15 is 0 Å². The molecule has 0 radical (unpaired) electrons. The van der Waals surface area contributed by atoms with Gasteiger partial charge in [0, 0.05) is 50.4 Å². The highest BCUT2D eigenvalue weighted by Crippen LogP contribution is 2.26. The van der Waals surface area contributed by atoms with E-state index in [0.717, 1.165) is 50.5 Å². The number of morpholine rings is 1. The molecule has 3 heterocycles. The van der Waals surface area contributed by atoms with Crippen molar-refractivity contribution in [2.75, 3.05) is 50.8 Å². The summed E-state index contributed by atoms with van der Waals surface area (Å²) < 4.78 is 5.42. The van der Waals surface area contributed by atoms with Crippen LogP contribution in [0.3, 0.4) is 0 Å². The van der Waals surface area contributed by atoms with Crippen LogP contribution in [0.4, 0.5) is 5.69 Å². The molecule has 2 amide bonds. The summed E-state index contributed by atoms with van der Waals surface area (Å²) in [7, 11) is 0. The van der Waals surface area contributed by atoms with Gasteiger partial charge in [0.2, 0.25) is 5.91 Å². The number of hydrogen-bond acceptors (Lipinski definition) is 4. The molecule has 3 saturated heterocycles. The Morgan fingerprint density at radius 1 is 1.16 bits per heavy atom. The Bertz CT molecular complexity index is 678. The topological polar surface area (TPSA) is 53.1 Å². The Balaban J connectivity index is 1.43. The molecular weight excluding hydrogens is 318 g/mol. The van der Waals surface area contributed by atoms with Crippen LogP contribution in [0.1, 0.15) is 28.8 Å². The van der Waals surface area contributed by atoms with Gasteiger partial charge in [-0.15, -0.1) is 0 Å². The molecule has 3 aliphatic heterocycles. The number of carbonyl (C=O) groups excluding carboxylic acids is 2. The molecular formula is C19H25N3O3. The van der Waals surface area contributed by atoms with Gasteiger partial charge in [-0.2, -0.15) is 0 Å². The van der Waals surface area contributed by atoms with E-state index in [0.29, 0.717) is 19.5 Å². The second-order valence-corrected chi connectivity index (χ2v) is 7.16. The second kappa shape index (κ2) is 6.67. The minimum Gasteiger partial charge on any atom is -0.378 e. The molecule has 1 aromatic rings. The molecule has 3 fully saturated rings. The minimum atomic E-state index is 0.0670. The van der Waals surface area contributed by atoms with Crippen molar-refractivity contribution in [3.8, 4) is 0 Å². The van der Waals surface area contributed by atoms with Crippen LogP contribution in [0.15, 0.2) is 18.2 Å². The predicted molar refractivity (Wildman–Crippen MR) is 94.8 cm³/mol. The van der Waals surface area contributed by atoms with Crippen LogP contribution in [0.25, 0.3) is 0 Å². The number of aryl methyl sites for hydroxylation is 1. The fraction of sp³-hybridized carbons (Fsp3) is 0.579. The molecule has 0 saturated carbocycles. The van der Waals surface area contributed by atoms with Crippen LogP contribution < -0.4 is 4.90 Å². The maximum atomic E-state index is 12.8. The molecule has 25 heavy (non-hydrogen) atoms. The predicted octanol–water partition coefficient (Wildman–Crippen LogP) is 1.28. The van der Waals surface area contributed by atoms with E-state index in [1.807, 2.05) is 28.0 Å². The number of nitrogens with zero attached hydrogens (tertiary/aromatic N) is 3. The van der Waals surface area contributed by atoms with Crippen molar-refractivity contribution in [3.05, 3.63) is 29.3 Å². The monoisotopic (exact) mass is 343 g/mol. The van der Waals surface area contributed by atoms with Gasteiger partial charge in [-0.3, -0.25) is 9.59 Å². The largest absolute Gasteiger partial charge is 0.378 e. The number of hydrogen-bond donors (Lipinski definition) is 0. The van der Waals surface area contributed by atoms with Crippen molar-refractivity contribution < 1.29 is 14.3 Å². The van der Waals surface area contributed by atoms with Gasteiger partial charge in [0.05, 0.1) is 19.3 Å². The molecule has 0 N–H and O–H groups in total. The van der Waals surface area contributed by atoms with Crippen molar-refractivity contribution in [3.63, 3.8) is 0 Å². The molecule has 0 unspecified atom stereocenters. The highest BCUT2D eigenvalue weighted by molar-refractivity contribution is 5.96. The summed E-state index contributed by atoms with van der Waals surface area (Å²) in [4.78, 5) is 30.7. The van der Waals surface area contributed by atoms with Crippen LogP contribution in [0.5, 0.6) is 0 Å². The van der Waals surface area contributed by atoms with E-state index in [1.54, 1.807) is 0 Å². The summed E-state index contributed by atoms with van der Waals surface area (Å²) >= 11 is 0. The van der Waals surface area contributed by atoms with Crippen LogP contribution in [0, 0.1) is 6.92 Å². The molecule has 3 aliphatic rings. The van der Waals surface area contributed by atoms with E-state index < -0.39 is 0 Å². The molecule has 1 aromatic carbocycles. The summed E-state index contributed by atoms with van der Waals surface area (Å²) in [5.74, 6) is 0.305. The first kappa shape index (κ1) is 16.4. The van der Waals surface area contributed by atoms with Gasteiger partial charge in [-0.25, -0.2) is 0 Å². The Morgan fingerprint density at radius 3 is 2.60 bits per heavy atom. The molecule has 0 spiro atoms. The first-order valence-corrected chi connectivity index (χ1v) is 9.15. The summed E-state index contributed by atoms with van der Waals surface area (Å²) in [6, 6.07) is 6.16. The highest BCUT2D eigenvalue weighted by Gasteiger charge is 2.38. The fourth-order valence-electron chi connectivity index (χ4n) is 3.94. The number of benzene rings is 1. The summed E-state index contributed by atoms with van der Waals surface area (Å²) in [6.07, 6.45) is 1.61. The van der Waals surface area contributed by atoms with Gasteiger partial charge < -0.3 is 19.4 Å². The number of anilines is 1. The molecule has 6 nitrogen and oxygen atoms in total. The van der Waals surface area contributed by atoms with Gasteiger partial charge in [0.15, 0.2) is 0 Å². The summed E-state index contributed by atoms with van der Waals surface area (Å²) in [6.45, 7) is 7.43. The van der Waals surface area contributed by atoms with Crippen molar-refractivity contribution in [2.24, 2.45) is 0 Å². The lowest BCUT2D eigenvalue weighted by Crippen LogP contribution is -2.61. The normalized spacial score (nSPS) is 21.6. The number of ether oxygens (including phenoxy) is 1. The zero-order chi connectivity index (χ0) is 17.4. The van der Waals surface area contributed by atoms with Crippen molar-refractivity contribution in [2.45, 2.75) is 25.8 Å². The van der Waals surface area contributed by atoms with Gasteiger partial charge >= 0.3 is 0 Å². The summed E-state index contributed by atoms with van der Waals surface area (Å²) in [5, 5.41) is 0. The van der Waals surface area contributed by atoms with Crippen molar-refractivity contribution >= 4 is 17.5 Å².